The lowest BCUT2D eigenvalue weighted by atomic mass is 9.88. The topological polar surface area (TPSA) is 20.2 Å². The van der Waals surface area contributed by atoms with Gasteiger partial charge in [0.25, 0.3) is 0 Å². The molecule has 0 fully saturated rings. The van der Waals surface area contributed by atoms with E-state index in [0.29, 0.717) is 11.0 Å². The Morgan fingerprint density at radius 3 is 2.31 bits per heavy atom. The Bertz CT molecular complexity index is 264. The molecule has 66 valence electrons. The summed E-state index contributed by atoms with van der Waals surface area (Å²) in [4.78, 5) is 0. The predicted molar refractivity (Wildman–Crippen MR) is 54.0 cm³/mol. The smallest absolute Gasteiger partial charge is 0.123 e. The molecule has 0 amide bonds. The monoisotopic (exact) mass is 176 g/mol. The molecular formula is C9H11B2FO. The lowest BCUT2D eigenvalue weighted by Gasteiger charge is -2.08. The highest BCUT2D eigenvalue weighted by Crippen LogP contribution is 2.09. The van der Waals surface area contributed by atoms with Gasteiger partial charge in [0.2, 0.25) is 0 Å². The van der Waals surface area contributed by atoms with Crippen molar-refractivity contribution >= 4 is 21.2 Å². The fourth-order valence-corrected chi connectivity index (χ4v) is 0.907. The highest BCUT2D eigenvalue weighted by Gasteiger charge is 2.04. The molecule has 0 heterocycles. The Morgan fingerprint density at radius 2 is 1.92 bits per heavy atom. The Balaban J connectivity index is 0.000000671. The number of aliphatic hydroxyl groups excluding tert-OH is 1. The van der Waals surface area contributed by atoms with Gasteiger partial charge in [-0.05, 0) is 24.6 Å². The minimum Gasteiger partial charge on any atom is -0.389 e. The minimum absolute atomic E-state index is 0.380. The number of hydrogen-bond acceptors (Lipinski definition) is 1. The molecule has 0 aliphatic carbocycles. The van der Waals surface area contributed by atoms with Gasteiger partial charge in [0.1, 0.15) is 13.7 Å². The van der Waals surface area contributed by atoms with Crippen molar-refractivity contribution in [2.75, 3.05) is 0 Å². The summed E-state index contributed by atoms with van der Waals surface area (Å²) >= 11 is 0. The van der Waals surface area contributed by atoms with Crippen LogP contribution in [0.25, 0.3) is 0 Å². The van der Waals surface area contributed by atoms with Crippen molar-refractivity contribution in [3.05, 3.63) is 29.6 Å². The SMILES string of the molecule is [B]C.[B]c1ccc(F)cc1C(C)O. The van der Waals surface area contributed by atoms with E-state index in [9.17, 15) is 4.39 Å². The van der Waals surface area contributed by atoms with Gasteiger partial charge in [-0.3, -0.25) is 0 Å². The maximum atomic E-state index is 12.5. The summed E-state index contributed by atoms with van der Waals surface area (Å²) in [5, 5.41) is 9.08. The first-order chi connectivity index (χ1) is 6.11. The second-order valence-corrected chi connectivity index (χ2v) is 2.45. The van der Waals surface area contributed by atoms with Crippen molar-refractivity contribution in [2.45, 2.75) is 19.9 Å². The van der Waals surface area contributed by atoms with Crippen LogP contribution in [0.1, 0.15) is 18.6 Å². The highest BCUT2D eigenvalue weighted by molar-refractivity contribution is 6.33. The fourth-order valence-electron chi connectivity index (χ4n) is 0.907. The zero-order valence-corrected chi connectivity index (χ0v) is 7.79. The van der Waals surface area contributed by atoms with Gasteiger partial charge in [-0.25, -0.2) is 4.39 Å². The van der Waals surface area contributed by atoms with Gasteiger partial charge in [-0.2, -0.15) is 0 Å². The number of hydrogen-bond donors (Lipinski definition) is 1. The van der Waals surface area contributed by atoms with E-state index in [2.05, 4.69) is 7.85 Å². The molecule has 0 saturated carbocycles. The van der Waals surface area contributed by atoms with E-state index >= 15 is 0 Å². The van der Waals surface area contributed by atoms with E-state index in [1.807, 2.05) is 0 Å². The molecule has 1 rings (SSSR count). The maximum Gasteiger partial charge on any atom is 0.123 e. The summed E-state index contributed by atoms with van der Waals surface area (Å²) in [5.41, 5.74) is 0.853. The standard InChI is InChI=1S/C8H8BFO.CH3B/c1-5(11)7-4-6(10)2-3-8(7)9;1-2/h2-5,11H,1H3;1H3. The van der Waals surface area contributed by atoms with Crippen LogP contribution in [0.4, 0.5) is 4.39 Å². The van der Waals surface area contributed by atoms with Gasteiger partial charge in [0, 0.05) is 0 Å². The molecular weight excluding hydrogens is 165 g/mol. The summed E-state index contributed by atoms with van der Waals surface area (Å²) < 4.78 is 12.5. The van der Waals surface area contributed by atoms with Crippen LogP contribution in [0.2, 0.25) is 6.82 Å². The number of benzene rings is 1. The van der Waals surface area contributed by atoms with Crippen molar-refractivity contribution < 1.29 is 9.50 Å². The van der Waals surface area contributed by atoms with E-state index in [0.717, 1.165) is 0 Å². The molecule has 0 spiro atoms. The second-order valence-electron chi connectivity index (χ2n) is 2.45. The lowest BCUT2D eigenvalue weighted by Crippen LogP contribution is -2.12. The number of aliphatic hydroxyl groups is 1. The molecule has 1 aromatic carbocycles. The molecule has 4 heteroatoms. The van der Waals surface area contributed by atoms with Crippen LogP contribution in [-0.4, -0.2) is 20.8 Å². The summed E-state index contributed by atoms with van der Waals surface area (Å²) in [6.07, 6.45) is -0.717. The zero-order chi connectivity index (χ0) is 10.4. The average Bonchev–Trinajstić information content (AvgIpc) is 2.12. The predicted octanol–water partition coefficient (Wildman–Crippen LogP) is 0.876. The van der Waals surface area contributed by atoms with Gasteiger partial charge in [0.15, 0.2) is 0 Å². The lowest BCUT2D eigenvalue weighted by molar-refractivity contribution is 0.200. The zero-order valence-electron chi connectivity index (χ0n) is 7.79. The van der Waals surface area contributed by atoms with Crippen molar-refractivity contribution in [1.82, 2.24) is 0 Å². The van der Waals surface area contributed by atoms with Crippen LogP contribution in [0.15, 0.2) is 18.2 Å². The molecule has 0 bridgehead atoms. The third-order valence-electron chi connectivity index (χ3n) is 1.50. The van der Waals surface area contributed by atoms with E-state index < -0.39 is 6.10 Å². The minimum atomic E-state index is -0.717. The van der Waals surface area contributed by atoms with Crippen LogP contribution in [-0.2, 0) is 0 Å². The Hall–Kier alpha value is -0.760. The second kappa shape index (κ2) is 5.81. The van der Waals surface area contributed by atoms with Crippen molar-refractivity contribution in [2.24, 2.45) is 0 Å². The molecule has 0 aliphatic heterocycles. The normalized spacial score (nSPS) is 11.4. The van der Waals surface area contributed by atoms with Crippen LogP contribution >= 0.6 is 0 Å². The number of rotatable bonds is 1. The van der Waals surface area contributed by atoms with Crippen LogP contribution in [0.3, 0.4) is 0 Å². The molecule has 1 atom stereocenters. The molecule has 13 heavy (non-hydrogen) atoms. The van der Waals surface area contributed by atoms with Crippen molar-refractivity contribution in [3.8, 4) is 0 Å². The van der Waals surface area contributed by atoms with Crippen LogP contribution in [0.5, 0.6) is 0 Å². The summed E-state index contributed by atoms with van der Waals surface area (Å²) in [5.74, 6) is -0.380. The first-order valence-electron chi connectivity index (χ1n) is 3.92. The molecule has 0 aromatic heterocycles. The average molecular weight is 176 g/mol. The van der Waals surface area contributed by atoms with Gasteiger partial charge in [0.05, 0.1) is 14.0 Å². The van der Waals surface area contributed by atoms with Gasteiger partial charge in [-0.1, -0.05) is 18.4 Å². The summed E-state index contributed by atoms with van der Waals surface area (Å²) in [6, 6.07) is 3.94. The van der Waals surface area contributed by atoms with E-state index in [-0.39, 0.29) is 5.82 Å². The van der Waals surface area contributed by atoms with Gasteiger partial charge < -0.3 is 5.11 Å². The molecule has 0 aliphatic rings. The molecule has 1 unspecified atom stereocenters. The van der Waals surface area contributed by atoms with E-state index in [1.54, 1.807) is 6.92 Å². The molecule has 1 N–H and O–H groups in total. The largest absolute Gasteiger partial charge is 0.389 e. The first kappa shape index (κ1) is 12.2. The third kappa shape index (κ3) is 3.64. The molecule has 1 aromatic rings. The third-order valence-corrected chi connectivity index (χ3v) is 1.50. The van der Waals surface area contributed by atoms with Crippen molar-refractivity contribution in [1.29, 1.82) is 0 Å². The summed E-state index contributed by atoms with van der Waals surface area (Å²) in [6.45, 7) is 3.05. The van der Waals surface area contributed by atoms with E-state index in [1.165, 1.54) is 25.0 Å². The summed E-state index contributed by atoms with van der Waals surface area (Å²) in [7, 11) is 9.96. The fraction of sp³-hybridized carbons (Fsp3) is 0.333. The first-order valence-corrected chi connectivity index (χ1v) is 3.92. The van der Waals surface area contributed by atoms with Crippen LogP contribution in [0, 0.1) is 5.82 Å². The molecule has 0 saturated heterocycles. The van der Waals surface area contributed by atoms with Gasteiger partial charge >= 0.3 is 0 Å². The molecule has 4 radical (unpaired) electrons. The van der Waals surface area contributed by atoms with E-state index in [4.69, 9.17) is 13.0 Å². The molecule has 1 nitrogen and oxygen atoms in total. The quantitative estimate of drug-likeness (QED) is 0.629. The number of halogens is 1. The van der Waals surface area contributed by atoms with Crippen molar-refractivity contribution in [3.63, 3.8) is 0 Å². The van der Waals surface area contributed by atoms with Crippen LogP contribution < -0.4 is 5.46 Å². The maximum absolute atomic E-state index is 12.5. The Labute approximate surface area is 80.8 Å². The Kier molecular flexibility index (Phi) is 5.47. The van der Waals surface area contributed by atoms with Gasteiger partial charge in [-0.15, -0.1) is 0 Å². The highest BCUT2D eigenvalue weighted by atomic mass is 19.1. The Morgan fingerprint density at radius 1 is 1.38 bits per heavy atom.